The van der Waals surface area contributed by atoms with Gasteiger partial charge in [0.05, 0.1) is 0 Å². The van der Waals surface area contributed by atoms with Crippen LogP contribution < -0.4 is 0 Å². The highest BCUT2D eigenvalue weighted by molar-refractivity contribution is 5.93. The maximum Gasteiger partial charge on any atom is 0.289 e. The van der Waals surface area contributed by atoms with Gasteiger partial charge in [0.2, 0.25) is 0 Å². The number of hydrogen-bond donors (Lipinski definition) is 0. The number of benzene rings is 1. The van der Waals surface area contributed by atoms with Gasteiger partial charge in [-0.2, -0.15) is 0 Å². The largest absolute Gasteiger partial charge is 0.456 e. The van der Waals surface area contributed by atoms with E-state index in [2.05, 4.69) is 35.2 Å². The van der Waals surface area contributed by atoms with E-state index in [9.17, 15) is 4.79 Å². The molecule has 1 unspecified atom stereocenters. The minimum atomic E-state index is 0.000472. The summed E-state index contributed by atoms with van der Waals surface area (Å²) in [4.78, 5) is 17.1. The number of carbonyl (C=O) groups is 1. The number of rotatable bonds is 5. The van der Waals surface area contributed by atoms with Crippen molar-refractivity contribution in [1.82, 2.24) is 9.80 Å². The summed E-state index contributed by atoms with van der Waals surface area (Å²) >= 11 is 0. The molecule has 0 N–H and O–H groups in total. The molecular weight excluding hydrogens is 312 g/mol. The van der Waals surface area contributed by atoms with E-state index < -0.39 is 0 Å². The van der Waals surface area contributed by atoms with E-state index in [4.69, 9.17) is 4.42 Å². The second-order valence-corrected chi connectivity index (χ2v) is 7.12. The van der Waals surface area contributed by atoms with Gasteiger partial charge in [-0.25, -0.2) is 0 Å². The number of nitrogens with zero attached hydrogens (tertiary/aromatic N) is 2. The molecule has 0 spiro atoms. The summed E-state index contributed by atoms with van der Waals surface area (Å²) in [5.74, 6) is 1.28. The number of likely N-dealkylation sites (tertiary alicyclic amines) is 1. The summed E-state index contributed by atoms with van der Waals surface area (Å²) in [6.45, 7) is 6.92. The van der Waals surface area contributed by atoms with Gasteiger partial charge in [0.25, 0.3) is 5.91 Å². The minimum absolute atomic E-state index is 0.000472. The molecule has 134 valence electrons. The number of hydrogen-bond acceptors (Lipinski definition) is 3. The summed E-state index contributed by atoms with van der Waals surface area (Å²) in [6, 6.07) is 12.8. The highest BCUT2D eigenvalue weighted by Crippen LogP contribution is 2.20. The first-order chi connectivity index (χ1) is 12.0. The van der Waals surface area contributed by atoms with Crippen LogP contribution in [-0.2, 0) is 6.42 Å². The first-order valence-electron chi connectivity index (χ1n) is 9.15. The van der Waals surface area contributed by atoms with Gasteiger partial charge in [0.15, 0.2) is 5.76 Å². The third kappa shape index (κ3) is 4.31. The summed E-state index contributed by atoms with van der Waals surface area (Å²) in [5, 5.41) is 0. The van der Waals surface area contributed by atoms with Crippen molar-refractivity contribution in [2.24, 2.45) is 0 Å². The van der Waals surface area contributed by atoms with Crippen LogP contribution in [0.15, 0.2) is 40.8 Å². The lowest BCUT2D eigenvalue weighted by Gasteiger charge is -2.37. The summed E-state index contributed by atoms with van der Waals surface area (Å²) in [6.07, 6.45) is 3.25. The molecule has 1 aliphatic rings. The molecule has 2 heterocycles. The Bertz CT molecular complexity index is 708. The zero-order valence-electron chi connectivity index (χ0n) is 15.5. The van der Waals surface area contributed by atoms with Gasteiger partial charge in [-0.15, -0.1) is 0 Å². The lowest BCUT2D eigenvalue weighted by atomic mass is 10.0. The Morgan fingerprint density at radius 2 is 2.04 bits per heavy atom. The molecule has 25 heavy (non-hydrogen) atoms. The molecule has 1 fully saturated rings. The molecule has 2 aromatic rings. The van der Waals surface area contributed by atoms with Crippen molar-refractivity contribution in [2.75, 3.05) is 26.7 Å². The maximum absolute atomic E-state index is 12.8. The highest BCUT2D eigenvalue weighted by atomic mass is 16.4. The smallest absolute Gasteiger partial charge is 0.289 e. The van der Waals surface area contributed by atoms with E-state index in [1.165, 1.54) is 5.56 Å². The lowest BCUT2D eigenvalue weighted by Crippen LogP contribution is -2.49. The lowest BCUT2D eigenvalue weighted by molar-refractivity contribution is 0.0587. The van der Waals surface area contributed by atoms with Crippen molar-refractivity contribution in [3.8, 4) is 0 Å². The van der Waals surface area contributed by atoms with Crippen molar-refractivity contribution < 1.29 is 9.21 Å². The topological polar surface area (TPSA) is 36.7 Å². The van der Waals surface area contributed by atoms with Gasteiger partial charge < -0.3 is 14.2 Å². The molecule has 0 bridgehead atoms. The molecule has 1 amide bonds. The van der Waals surface area contributed by atoms with E-state index in [1.807, 2.05) is 31.9 Å². The Kier molecular flexibility index (Phi) is 5.59. The third-order valence-corrected chi connectivity index (χ3v) is 5.14. The van der Waals surface area contributed by atoms with Gasteiger partial charge in [-0.05, 0) is 51.3 Å². The Balaban J connectivity index is 1.58. The van der Waals surface area contributed by atoms with E-state index >= 15 is 0 Å². The number of amides is 1. The Labute approximate surface area is 150 Å². The SMILES string of the molecule is Cc1cc(C)c(C(=O)N(C)C2CCCN(CCc3ccccc3)C2)o1. The average molecular weight is 340 g/mol. The second kappa shape index (κ2) is 7.87. The molecule has 0 aliphatic carbocycles. The number of likely N-dealkylation sites (N-methyl/N-ethyl adjacent to an activating group) is 1. The first-order valence-corrected chi connectivity index (χ1v) is 9.15. The Hall–Kier alpha value is -2.07. The molecule has 0 saturated carbocycles. The van der Waals surface area contributed by atoms with Crippen LogP contribution in [0.3, 0.4) is 0 Å². The van der Waals surface area contributed by atoms with Gasteiger partial charge in [0.1, 0.15) is 5.76 Å². The number of aryl methyl sites for hydroxylation is 2. The van der Waals surface area contributed by atoms with Crippen molar-refractivity contribution >= 4 is 5.91 Å². The molecule has 4 heteroatoms. The summed E-state index contributed by atoms with van der Waals surface area (Å²) in [5.41, 5.74) is 2.29. The standard InChI is InChI=1S/C21H28N2O2/c1-16-14-17(2)25-20(16)21(24)22(3)19-10-7-12-23(15-19)13-11-18-8-5-4-6-9-18/h4-6,8-9,14,19H,7,10-13,15H2,1-3H3. The predicted molar refractivity (Wildman–Crippen MR) is 99.9 cm³/mol. The minimum Gasteiger partial charge on any atom is -0.456 e. The third-order valence-electron chi connectivity index (χ3n) is 5.14. The van der Waals surface area contributed by atoms with Crippen molar-refractivity contribution in [3.63, 3.8) is 0 Å². The van der Waals surface area contributed by atoms with Crippen LogP contribution in [0.5, 0.6) is 0 Å². The summed E-state index contributed by atoms with van der Waals surface area (Å²) in [7, 11) is 1.91. The van der Waals surface area contributed by atoms with Gasteiger partial charge in [0, 0.05) is 31.7 Å². The van der Waals surface area contributed by atoms with Gasteiger partial charge in [-0.3, -0.25) is 4.79 Å². The van der Waals surface area contributed by atoms with Crippen molar-refractivity contribution in [2.45, 2.75) is 39.2 Å². The van der Waals surface area contributed by atoms with E-state index in [1.54, 1.807) is 0 Å². The van der Waals surface area contributed by atoms with Crippen LogP contribution in [0.1, 0.15) is 40.3 Å². The van der Waals surface area contributed by atoms with E-state index in [-0.39, 0.29) is 11.9 Å². The van der Waals surface area contributed by atoms with Crippen molar-refractivity contribution in [3.05, 3.63) is 59.0 Å². The average Bonchev–Trinajstić information content (AvgIpc) is 2.98. The molecule has 1 saturated heterocycles. The van der Waals surface area contributed by atoms with Gasteiger partial charge >= 0.3 is 0 Å². The first kappa shape index (κ1) is 17.7. The van der Waals surface area contributed by atoms with E-state index in [0.717, 1.165) is 50.2 Å². The fraction of sp³-hybridized carbons (Fsp3) is 0.476. The number of furan rings is 1. The molecule has 1 aromatic heterocycles. The molecule has 1 atom stereocenters. The van der Waals surface area contributed by atoms with E-state index in [0.29, 0.717) is 5.76 Å². The van der Waals surface area contributed by atoms with Crippen LogP contribution >= 0.6 is 0 Å². The fourth-order valence-corrected chi connectivity index (χ4v) is 3.66. The van der Waals surface area contributed by atoms with Crippen LogP contribution in [0, 0.1) is 13.8 Å². The summed E-state index contributed by atoms with van der Waals surface area (Å²) < 4.78 is 5.62. The van der Waals surface area contributed by atoms with Crippen LogP contribution in [0.4, 0.5) is 0 Å². The predicted octanol–water partition coefficient (Wildman–Crippen LogP) is 3.68. The quantitative estimate of drug-likeness (QED) is 0.833. The van der Waals surface area contributed by atoms with Crippen molar-refractivity contribution in [1.29, 1.82) is 0 Å². The molecule has 0 radical (unpaired) electrons. The number of carbonyl (C=O) groups excluding carboxylic acids is 1. The van der Waals surface area contributed by atoms with Crippen LogP contribution in [0.2, 0.25) is 0 Å². The van der Waals surface area contributed by atoms with Gasteiger partial charge in [-0.1, -0.05) is 30.3 Å². The normalized spacial score (nSPS) is 18.3. The monoisotopic (exact) mass is 340 g/mol. The highest BCUT2D eigenvalue weighted by Gasteiger charge is 2.28. The molecule has 1 aromatic carbocycles. The van der Waals surface area contributed by atoms with Crippen LogP contribution in [0.25, 0.3) is 0 Å². The number of piperidine rings is 1. The molecule has 3 rings (SSSR count). The maximum atomic E-state index is 12.8. The second-order valence-electron chi connectivity index (χ2n) is 7.12. The van der Waals surface area contributed by atoms with Crippen LogP contribution in [-0.4, -0.2) is 48.4 Å². The molecule has 4 nitrogen and oxygen atoms in total. The fourth-order valence-electron chi connectivity index (χ4n) is 3.66. The Morgan fingerprint density at radius 1 is 1.28 bits per heavy atom. The zero-order chi connectivity index (χ0) is 17.8. The molecular formula is C21H28N2O2. The Morgan fingerprint density at radius 3 is 2.72 bits per heavy atom. The molecule has 1 aliphatic heterocycles. The zero-order valence-corrected chi connectivity index (χ0v) is 15.5.